The van der Waals surface area contributed by atoms with Crippen molar-refractivity contribution in [2.45, 2.75) is 26.7 Å². The minimum atomic E-state index is 0.254. The lowest BCUT2D eigenvalue weighted by Gasteiger charge is -2.28. The maximum atomic E-state index is 5.84. The smallest absolute Gasteiger partial charge is 0.119 e. The fourth-order valence-corrected chi connectivity index (χ4v) is 2.60. The Hall–Kier alpha value is -1.06. The van der Waals surface area contributed by atoms with Crippen LogP contribution in [0.15, 0.2) is 30.3 Å². The average molecular weight is 277 g/mol. The Balaban J connectivity index is 1.77. The third-order valence-electron chi connectivity index (χ3n) is 3.88. The van der Waals surface area contributed by atoms with Gasteiger partial charge in [0, 0.05) is 18.6 Å². The third-order valence-corrected chi connectivity index (χ3v) is 3.88. The second-order valence-electron chi connectivity index (χ2n) is 6.24. The molecular formula is C17H27NO2. The van der Waals surface area contributed by atoms with E-state index in [4.69, 9.17) is 9.47 Å². The predicted octanol–water partition coefficient (Wildman–Crippen LogP) is 3.11. The first kappa shape index (κ1) is 15.3. The SMILES string of the molecule is CC(C)CNCC1(CCOc2ccccc2)CCOC1. The first-order valence-electron chi connectivity index (χ1n) is 7.67. The van der Waals surface area contributed by atoms with Crippen molar-refractivity contribution >= 4 is 0 Å². The molecule has 0 spiro atoms. The van der Waals surface area contributed by atoms with Gasteiger partial charge in [-0.15, -0.1) is 0 Å². The zero-order valence-electron chi connectivity index (χ0n) is 12.7. The molecule has 3 nitrogen and oxygen atoms in total. The molecule has 20 heavy (non-hydrogen) atoms. The van der Waals surface area contributed by atoms with Gasteiger partial charge in [0.05, 0.1) is 13.2 Å². The van der Waals surface area contributed by atoms with Crippen LogP contribution in [0.2, 0.25) is 0 Å². The largest absolute Gasteiger partial charge is 0.494 e. The highest BCUT2D eigenvalue weighted by molar-refractivity contribution is 5.20. The minimum Gasteiger partial charge on any atom is -0.494 e. The molecule has 3 heteroatoms. The minimum absolute atomic E-state index is 0.254. The molecule has 0 bridgehead atoms. The lowest BCUT2D eigenvalue weighted by molar-refractivity contribution is 0.128. The highest BCUT2D eigenvalue weighted by Gasteiger charge is 2.34. The van der Waals surface area contributed by atoms with E-state index in [1.54, 1.807) is 0 Å². The summed E-state index contributed by atoms with van der Waals surface area (Å²) < 4.78 is 11.5. The molecule has 1 fully saturated rings. The molecule has 0 aromatic heterocycles. The summed E-state index contributed by atoms with van der Waals surface area (Å²) >= 11 is 0. The van der Waals surface area contributed by atoms with Gasteiger partial charge in [-0.25, -0.2) is 0 Å². The number of rotatable bonds is 8. The molecule has 1 aromatic rings. The second kappa shape index (κ2) is 7.65. The number of para-hydroxylation sites is 1. The molecule has 1 heterocycles. The Morgan fingerprint density at radius 2 is 2.10 bits per heavy atom. The van der Waals surface area contributed by atoms with Crippen LogP contribution in [0.5, 0.6) is 5.75 Å². The number of benzene rings is 1. The first-order valence-corrected chi connectivity index (χ1v) is 7.67. The van der Waals surface area contributed by atoms with Crippen molar-refractivity contribution in [1.82, 2.24) is 5.32 Å². The van der Waals surface area contributed by atoms with Crippen LogP contribution in [0.25, 0.3) is 0 Å². The number of ether oxygens (including phenoxy) is 2. The molecule has 1 aliphatic rings. The standard InChI is InChI=1S/C17H27NO2/c1-15(2)12-18-13-17(8-10-19-14-17)9-11-20-16-6-4-3-5-7-16/h3-7,15,18H,8-14H2,1-2H3. The Morgan fingerprint density at radius 1 is 1.30 bits per heavy atom. The van der Waals surface area contributed by atoms with Crippen LogP contribution in [0.3, 0.4) is 0 Å². The van der Waals surface area contributed by atoms with Crippen molar-refractivity contribution in [1.29, 1.82) is 0 Å². The summed E-state index contributed by atoms with van der Waals surface area (Å²) in [6, 6.07) is 10.0. The normalized spacial score (nSPS) is 22.4. The number of nitrogens with one attached hydrogen (secondary N) is 1. The van der Waals surface area contributed by atoms with Gasteiger partial charge in [0.1, 0.15) is 5.75 Å². The second-order valence-corrected chi connectivity index (χ2v) is 6.24. The van der Waals surface area contributed by atoms with Crippen LogP contribution in [0.1, 0.15) is 26.7 Å². The molecule has 1 atom stereocenters. The lowest BCUT2D eigenvalue weighted by Crippen LogP contribution is -2.37. The van der Waals surface area contributed by atoms with Crippen LogP contribution in [-0.2, 0) is 4.74 Å². The van der Waals surface area contributed by atoms with Crippen LogP contribution >= 0.6 is 0 Å². The van der Waals surface area contributed by atoms with E-state index in [1.165, 1.54) is 0 Å². The number of hydrogen-bond donors (Lipinski definition) is 1. The monoisotopic (exact) mass is 277 g/mol. The van der Waals surface area contributed by atoms with Crippen molar-refractivity contribution in [2.75, 3.05) is 32.9 Å². The quantitative estimate of drug-likeness (QED) is 0.792. The fourth-order valence-electron chi connectivity index (χ4n) is 2.60. The van der Waals surface area contributed by atoms with Gasteiger partial charge in [0.2, 0.25) is 0 Å². The Labute approximate surface area is 122 Å². The number of hydrogen-bond acceptors (Lipinski definition) is 3. The van der Waals surface area contributed by atoms with Gasteiger partial charge in [-0.1, -0.05) is 32.0 Å². The molecular weight excluding hydrogens is 250 g/mol. The summed E-state index contributed by atoms with van der Waals surface area (Å²) in [6.45, 7) is 9.08. The summed E-state index contributed by atoms with van der Waals surface area (Å²) in [5.74, 6) is 1.65. The van der Waals surface area contributed by atoms with E-state index in [-0.39, 0.29) is 5.41 Å². The van der Waals surface area contributed by atoms with Crippen molar-refractivity contribution in [3.63, 3.8) is 0 Å². The van der Waals surface area contributed by atoms with E-state index in [0.29, 0.717) is 5.92 Å². The highest BCUT2D eigenvalue weighted by Crippen LogP contribution is 2.32. The van der Waals surface area contributed by atoms with Crippen molar-refractivity contribution in [3.8, 4) is 5.75 Å². The van der Waals surface area contributed by atoms with E-state index < -0.39 is 0 Å². The predicted molar refractivity (Wildman–Crippen MR) is 82.1 cm³/mol. The topological polar surface area (TPSA) is 30.5 Å². The van der Waals surface area contributed by atoms with Crippen LogP contribution < -0.4 is 10.1 Å². The van der Waals surface area contributed by atoms with Crippen molar-refractivity contribution in [2.24, 2.45) is 11.3 Å². The van der Waals surface area contributed by atoms with E-state index in [0.717, 1.165) is 51.5 Å². The Bertz CT molecular complexity index is 372. The van der Waals surface area contributed by atoms with Gasteiger partial charge in [-0.2, -0.15) is 0 Å². The van der Waals surface area contributed by atoms with Crippen LogP contribution in [0, 0.1) is 11.3 Å². The van der Waals surface area contributed by atoms with E-state index in [9.17, 15) is 0 Å². The molecule has 1 N–H and O–H groups in total. The maximum absolute atomic E-state index is 5.84. The summed E-state index contributed by atoms with van der Waals surface area (Å²) in [5.41, 5.74) is 0.254. The molecule has 0 radical (unpaired) electrons. The van der Waals surface area contributed by atoms with Crippen molar-refractivity contribution < 1.29 is 9.47 Å². The Morgan fingerprint density at radius 3 is 2.75 bits per heavy atom. The molecule has 0 saturated carbocycles. The molecule has 0 amide bonds. The van der Waals surface area contributed by atoms with Crippen LogP contribution in [-0.4, -0.2) is 32.9 Å². The summed E-state index contributed by atoms with van der Waals surface area (Å²) in [5, 5.41) is 3.58. The average Bonchev–Trinajstić information content (AvgIpc) is 2.89. The molecule has 2 rings (SSSR count). The molecule has 1 aromatic carbocycles. The summed E-state index contributed by atoms with van der Waals surface area (Å²) in [4.78, 5) is 0. The van der Waals surface area contributed by atoms with E-state index in [1.807, 2.05) is 30.3 Å². The maximum Gasteiger partial charge on any atom is 0.119 e. The molecule has 112 valence electrons. The lowest BCUT2D eigenvalue weighted by atomic mass is 9.84. The zero-order valence-corrected chi connectivity index (χ0v) is 12.7. The first-order chi connectivity index (χ1) is 9.70. The van der Waals surface area contributed by atoms with E-state index in [2.05, 4.69) is 19.2 Å². The Kier molecular flexibility index (Phi) is 5.86. The summed E-state index contributed by atoms with van der Waals surface area (Å²) in [6.07, 6.45) is 2.18. The van der Waals surface area contributed by atoms with Gasteiger partial charge >= 0.3 is 0 Å². The van der Waals surface area contributed by atoms with Crippen molar-refractivity contribution in [3.05, 3.63) is 30.3 Å². The van der Waals surface area contributed by atoms with Gasteiger partial charge in [-0.05, 0) is 37.4 Å². The molecule has 1 aliphatic heterocycles. The molecule has 1 saturated heterocycles. The van der Waals surface area contributed by atoms with E-state index >= 15 is 0 Å². The molecule has 1 unspecified atom stereocenters. The zero-order chi connectivity index (χ0) is 14.3. The highest BCUT2D eigenvalue weighted by atomic mass is 16.5. The van der Waals surface area contributed by atoms with Gasteiger partial charge in [-0.3, -0.25) is 0 Å². The third kappa shape index (κ3) is 4.80. The van der Waals surface area contributed by atoms with Gasteiger partial charge < -0.3 is 14.8 Å². The van der Waals surface area contributed by atoms with Gasteiger partial charge in [0.25, 0.3) is 0 Å². The summed E-state index contributed by atoms with van der Waals surface area (Å²) in [7, 11) is 0. The van der Waals surface area contributed by atoms with Crippen LogP contribution in [0.4, 0.5) is 0 Å². The van der Waals surface area contributed by atoms with Gasteiger partial charge in [0.15, 0.2) is 0 Å². The molecule has 0 aliphatic carbocycles. The fraction of sp³-hybridized carbons (Fsp3) is 0.647.